The van der Waals surface area contributed by atoms with Gasteiger partial charge in [0.25, 0.3) is 0 Å². The molecule has 9 heteroatoms. The number of likely N-dealkylation sites (tertiary alicyclic amines) is 1. The number of nitrogens with zero attached hydrogens (tertiary/aromatic N) is 5. The van der Waals surface area contributed by atoms with Gasteiger partial charge in [-0.2, -0.15) is 0 Å². The Morgan fingerprint density at radius 3 is 2.47 bits per heavy atom. The molecule has 0 N–H and O–H groups in total. The van der Waals surface area contributed by atoms with Crippen molar-refractivity contribution in [1.29, 1.82) is 0 Å². The number of amides is 1. The van der Waals surface area contributed by atoms with Crippen LogP contribution in [0.1, 0.15) is 19.8 Å². The van der Waals surface area contributed by atoms with E-state index in [0.717, 1.165) is 69.7 Å². The summed E-state index contributed by atoms with van der Waals surface area (Å²) in [5.74, 6) is 1.95. The van der Waals surface area contributed by atoms with Gasteiger partial charge in [-0.05, 0) is 37.0 Å². The van der Waals surface area contributed by atoms with Gasteiger partial charge in [0, 0.05) is 62.4 Å². The van der Waals surface area contributed by atoms with Gasteiger partial charge in [-0.1, -0.05) is 24.6 Å². The molecule has 3 heterocycles. The van der Waals surface area contributed by atoms with Crippen molar-refractivity contribution in [1.82, 2.24) is 19.4 Å². The van der Waals surface area contributed by atoms with Gasteiger partial charge < -0.3 is 9.80 Å². The molecule has 4 rings (SSSR count). The fraction of sp³-hybridized carbons (Fsp3) is 0.524. The third-order valence-corrected chi connectivity index (χ3v) is 6.09. The summed E-state index contributed by atoms with van der Waals surface area (Å²) in [4.78, 5) is 23.7. The van der Waals surface area contributed by atoms with Gasteiger partial charge in [0.05, 0.1) is 6.54 Å². The Morgan fingerprint density at radius 1 is 1.10 bits per heavy atom. The zero-order valence-corrected chi connectivity index (χ0v) is 19.6. The van der Waals surface area contributed by atoms with Crippen molar-refractivity contribution >= 4 is 48.3 Å². The van der Waals surface area contributed by atoms with E-state index < -0.39 is 0 Å². The third-order valence-electron chi connectivity index (χ3n) is 5.86. The lowest BCUT2D eigenvalue weighted by Gasteiger charge is -2.37. The van der Waals surface area contributed by atoms with Crippen LogP contribution in [0.3, 0.4) is 0 Å². The second-order valence-corrected chi connectivity index (χ2v) is 8.34. The summed E-state index contributed by atoms with van der Waals surface area (Å²) in [5.41, 5.74) is 1.01. The average Bonchev–Trinajstić information content (AvgIpc) is 3.19. The van der Waals surface area contributed by atoms with Crippen LogP contribution in [0, 0.1) is 5.92 Å². The maximum Gasteiger partial charge on any atom is 0.236 e. The molecule has 0 bridgehead atoms. The molecule has 2 fully saturated rings. The number of aromatic nitrogens is 2. The SMILES string of the molecule is CC1CCN(C(=O)CN2CCN(c3nccn3-c3cccc(Cl)c3)CC2)CC1.Cl.Cl. The highest BCUT2D eigenvalue weighted by atomic mass is 35.5. The first-order valence-corrected chi connectivity index (χ1v) is 10.5. The van der Waals surface area contributed by atoms with Crippen LogP contribution in [-0.2, 0) is 4.79 Å². The monoisotopic (exact) mass is 473 g/mol. The Kier molecular flexibility index (Phi) is 9.29. The van der Waals surface area contributed by atoms with E-state index >= 15 is 0 Å². The first-order chi connectivity index (χ1) is 13.6. The minimum Gasteiger partial charge on any atom is -0.342 e. The van der Waals surface area contributed by atoms with Crippen molar-refractivity contribution in [2.75, 3.05) is 50.7 Å². The second kappa shape index (κ2) is 11.2. The number of anilines is 1. The summed E-state index contributed by atoms with van der Waals surface area (Å²) in [6.07, 6.45) is 6.05. The predicted octanol–water partition coefficient (Wildman–Crippen LogP) is 3.75. The number of piperidine rings is 1. The molecule has 2 aromatic rings. The van der Waals surface area contributed by atoms with Gasteiger partial charge in [0.2, 0.25) is 11.9 Å². The molecule has 2 saturated heterocycles. The molecule has 0 atom stereocenters. The Balaban J connectivity index is 0.00000160. The number of benzene rings is 1. The van der Waals surface area contributed by atoms with Gasteiger partial charge >= 0.3 is 0 Å². The van der Waals surface area contributed by atoms with Crippen molar-refractivity contribution < 1.29 is 4.79 Å². The average molecular weight is 475 g/mol. The maximum atomic E-state index is 12.6. The van der Waals surface area contributed by atoms with Crippen LogP contribution in [0.2, 0.25) is 5.02 Å². The number of imidazole rings is 1. The summed E-state index contributed by atoms with van der Waals surface area (Å²) < 4.78 is 2.07. The summed E-state index contributed by atoms with van der Waals surface area (Å²) in [5, 5.41) is 0.715. The van der Waals surface area contributed by atoms with Crippen molar-refractivity contribution in [3.8, 4) is 5.69 Å². The molecule has 0 aliphatic carbocycles. The van der Waals surface area contributed by atoms with E-state index in [1.165, 1.54) is 0 Å². The minimum atomic E-state index is 0. The van der Waals surface area contributed by atoms with Crippen LogP contribution >= 0.6 is 36.4 Å². The van der Waals surface area contributed by atoms with Gasteiger partial charge in [0.15, 0.2) is 0 Å². The largest absolute Gasteiger partial charge is 0.342 e. The molecular formula is C21H30Cl3N5O. The molecule has 30 heavy (non-hydrogen) atoms. The molecule has 0 unspecified atom stereocenters. The third kappa shape index (κ3) is 5.82. The van der Waals surface area contributed by atoms with Gasteiger partial charge in [0.1, 0.15) is 0 Å². The van der Waals surface area contributed by atoms with E-state index in [0.29, 0.717) is 11.6 Å². The number of piperazine rings is 1. The summed E-state index contributed by atoms with van der Waals surface area (Å²) >= 11 is 6.15. The number of hydrogen-bond acceptors (Lipinski definition) is 4. The molecule has 0 saturated carbocycles. The maximum absolute atomic E-state index is 12.6. The first-order valence-electron chi connectivity index (χ1n) is 10.1. The standard InChI is InChI=1S/C21H28ClN5O.2ClH/c1-17-5-8-25(9-6-17)20(28)16-24-11-13-26(14-12-24)21-23-7-10-27(21)19-4-2-3-18(22)15-19;;/h2-4,7,10,15,17H,5-6,8-9,11-14,16H2,1H3;2*1H. The summed E-state index contributed by atoms with van der Waals surface area (Å²) in [7, 11) is 0. The van der Waals surface area contributed by atoms with Gasteiger partial charge in [-0.25, -0.2) is 4.98 Å². The zero-order valence-electron chi connectivity index (χ0n) is 17.2. The van der Waals surface area contributed by atoms with Crippen LogP contribution in [0.5, 0.6) is 0 Å². The highest BCUT2D eigenvalue weighted by Crippen LogP contribution is 2.22. The lowest BCUT2D eigenvalue weighted by Crippen LogP contribution is -2.51. The van der Waals surface area contributed by atoms with Crippen molar-refractivity contribution in [2.24, 2.45) is 5.92 Å². The van der Waals surface area contributed by atoms with Crippen molar-refractivity contribution in [2.45, 2.75) is 19.8 Å². The molecule has 1 aromatic carbocycles. The number of halogens is 3. The van der Waals surface area contributed by atoms with E-state index in [1.54, 1.807) is 0 Å². The Hall–Kier alpha value is -1.47. The molecule has 2 aliphatic rings. The molecule has 1 amide bonds. The van der Waals surface area contributed by atoms with Crippen LogP contribution in [0.25, 0.3) is 5.69 Å². The molecule has 1 aromatic heterocycles. The van der Waals surface area contributed by atoms with Crippen LogP contribution in [0.15, 0.2) is 36.7 Å². The smallest absolute Gasteiger partial charge is 0.236 e. The fourth-order valence-corrected chi connectivity index (χ4v) is 4.20. The Labute approximate surface area is 196 Å². The van der Waals surface area contributed by atoms with E-state index in [2.05, 4.69) is 26.3 Å². The summed E-state index contributed by atoms with van der Waals surface area (Å²) in [6, 6.07) is 7.80. The predicted molar refractivity (Wildman–Crippen MR) is 127 cm³/mol. The molecule has 6 nitrogen and oxygen atoms in total. The molecule has 166 valence electrons. The Bertz CT molecular complexity index is 814. The topological polar surface area (TPSA) is 44.6 Å². The van der Waals surface area contributed by atoms with Crippen molar-refractivity contribution in [3.05, 3.63) is 41.7 Å². The number of carbonyl (C=O) groups excluding carboxylic acids is 1. The fourth-order valence-electron chi connectivity index (χ4n) is 4.01. The number of hydrogen-bond donors (Lipinski definition) is 0. The van der Waals surface area contributed by atoms with Crippen molar-refractivity contribution in [3.63, 3.8) is 0 Å². The van der Waals surface area contributed by atoms with Gasteiger partial charge in [-0.3, -0.25) is 14.3 Å². The highest BCUT2D eigenvalue weighted by Gasteiger charge is 2.25. The zero-order chi connectivity index (χ0) is 19.5. The number of rotatable bonds is 4. The molecule has 0 spiro atoms. The second-order valence-electron chi connectivity index (χ2n) is 7.90. The van der Waals surface area contributed by atoms with Crippen LogP contribution in [0.4, 0.5) is 5.95 Å². The normalized spacial score (nSPS) is 17.9. The number of carbonyl (C=O) groups is 1. The van der Waals surface area contributed by atoms with E-state index in [1.807, 2.05) is 41.6 Å². The highest BCUT2D eigenvalue weighted by molar-refractivity contribution is 6.30. The lowest BCUT2D eigenvalue weighted by molar-refractivity contribution is -0.133. The van der Waals surface area contributed by atoms with E-state index in [-0.39, 0.29) is 30.7 Å². The quantitative estimate of drug-likeness (QED) is 0.677. The van der Waals surface area contributed by atoms with E-state index in [4.69, 9.17) is 11.6 Å². The lowest BCUT2D eigenvalue weighted by atomic mass is 9.99. The van der Waals surface area contributed by atoms with Crippen LogP contribution in [-0.4, -0.2) is 71.1 Å². The Morgan fingerprint density at radius 2 is 1.80 bits per heavy atom. The molecule has 2 aliphatic heterocycles. The van der Waals surface area contributed by atoms with Gasteiger partial charge in [-0.15, -0.1) is 24.8 Å². The van der Waals surface area contributed by atoms with Crippen LogP contribution < -0.4 is 4.90 Å². The van der Waals surface area contributed by atoms with E-state index in [9.17, 15) is 4.79 Å². The first kappa shape index (κ1) is 24.8. The minimum absolute atomic E-state index is 0. The molecular weight excluding hydrogens is 445 g/mol. The summed E-state index contributed by atoms with van der Waals surface area (Å²) in [6.45, 7) is 8.11. The molecule has 0 radical (unpaired) electrons.